The second-order valence-electron chi connectivity index (χ2n) is 5.79. The predicted octanol–water partition coefficient (Wildman–Crippen LogP) is 4.59. The summed E-state index contributed by atoms with van der Waals surface area (Å²) in [6.45, 7) is 1.48. The van der Waals surface area contributed by atoms with Gasteiger partial charge >= 0.3 is 6.18 Å². The molecule has 0 saturated heterocycles. The monoisotopic (exact) mass is 445 g/mol. The van der Waals surface area contributed by atoms with E-state index in [1.807, 2.05) is 0 Å². The molecule has 152 valence electrons. The van der Waals surface area contributed by atoms with Crippen LogP contribution in [0.3, 0.4) is 0 Å². The lowest BCUT2D eigenvalue weighted by Crippen LogP contribution is -2.24. The van der Waals surface area contributed by atoms with Crippen molar-refractivity contribution in [1.82, 2.24) is 20.2 Å². The zero-order valence-corrected chi connectivity index (χ0v) is 16.2. The number of alkyl halides is 3. The minimum Gasteiger partial charge on any atom is -0.325 e. The molecule has 1 amide bonds. The van der Waals surface area contributed by atoms with Crippen molar-refractivity contribution in [2.24, 2.45) is 0 Å². The standard InChI is InChI=1S/C17H12ClF4N5OS/c1-9(15(28)23-14-6-5-10(18)7-13(14)17(20,21)22)29-16-24-25-26-27(16)12-4-2-3-11(19)8-12/h2-9H,1H3,(H,23,28). The lowest BCUT2D eigenvalue weighted by Gasteiger charge is -2.16. The zero-order valence-electron chi connectivity index (χ0n) is 14.6. The van der Waals surface area contributed by atoms with Crippen LogP contribution in [0.4, 0.5) is 23.2 Å². The Morgan fingerprint density at radius 1 is 1.24 bits per heavy atom. The first kappa shape index (κ1) is 21.1. The molecule has 1 heterocycles. The van der Waals surface area contributed by atoms with Crippen LogP contribution in [0.2, 0.25) is 5.02 Å². The Balaban J connectivity index is 1.78. The van der Waals surface area contributed by atoms with Gasteiger partial charge < -0.3 is 5.32 Å². The Morgan fingerprint density at radius 3 is 2.69 bits per heavy atom. The third-order valence-electron chi connectivity index (χ3n) is 3.69. The molecule has 1 atom stereocenters. The fraction of sp³-hybridized carbons (Fsp3) is 0.176. The number of nitrogens with one attached hydrogen (secondary N) is 1. The molecular formula is C17H12ClF4N5OS. The molecule has 12 heteroatoms. The lowest BCUT2D eigenvalue weighted by molar-refractivity contribution is -0.137. The van der Waals surface area contributed by atoms with Crippen molar-refractivity contribution in [2.45, 2.75) is 23.5 Å². The van der Waals surface area contributed by atoms with Gasteiger partial charge in [0.05, 0.1) is 22.2 Å². The van der Waals surface area contributed by atoms with E-state index in [-0.39, 0.29) is 10.2 Å². The second kappa shape index (κ2) is 8.37. The molecule has 1 N–H and O–H groups in total. The summed E-state index contributed by atoms with van der Waals surface area (Å²) in [5, 5.41) is 12.5. The Bertz CT molecular complexity index is 1040. The topological polar surface area (TPSA) is 72.7 Å². The van der Waals surface area contributed by atoms with Crippen LogP contribution >= 0.6 is 23.4 Å². The van der Waals surface area contributed by atoms with Crippen molar-refractivity contribution in [1.29, 1.82) is 0 Å². The van der Waals surface area contributed by atoms with Crippen LogP contribution in [-0.2, 0) is 11.0 Å². The number of anilines is 1. The Hall–Kier alpha value is -2.66. The number of halogens is 5. The number of carbonyl (C=O) groups is 1. The summed E-state index contributed by atoms with van der Waals surface area (Å²) in [5.41, 5.74) is -1.13. The number of nitrogens with zero attached hydrogens (tertiary/aromatic N) is 4. The molecule has 0 aliphatic heterocycles. The van der Waals surface area contributed by atoms with Gasteiger partial charge in [0.15, 0.2) is 0 Å². The Morgan fingerprint density at radius 2 is 2.00 bits per heavy atom. The van der Waals surface area contributed by atoms with Crippen LogP contribution < -0.4 is 5.32 Å². The summed E-state index contributed by atoms with van der Waals surface area (Å²) in [7, 11) is 0. The summed E-state index contributed by atoms with van der Waals surface area (Å²) in [6.07, 6.45) is -4.69. The van der Waals surface area contributed by atoms with E-state index in [0.717, 1.165) is 23.9 Å². The smallest absolute Gasteiger partial charge is 0.325 e. The van der Waals surface area contributed by atoms with Gasteiger partial charge in [0, 0.05) is 5.02 Å². The molecule has 29 heavy (non-hydrogen) atoms. The van der Waals surface area contributed by atoms with Crippen molar-refractivity contribution >= 4 is 35.0 Å². The summed E-state index contributed by atoms with van der Waals surface area (Å²) in [5.74, 6) is -1.20. The van der Waals surface area contributed by atoms with Gasteiger partial charge in [0.1, 0.15) is 5.82 Å². The average Bonchev–Trinajstić information content (AvgIpc) is 3.10. The normalized spacial score (nSPS) is 12.6. The van der Waals surface area contributed by atoms with E-state index in [1.165, 1.54) is 35.9 Å². The first-order chi connectivity index (χ1) is 13.6. The molecular weight excluding hydrogens is 434 g/mol. The van der Waals surface area contributed by atoms with Crippen molar-refractivity contribution in [3.8, 4) is 5.69 Å². The molecule has 3 rings (SSSR count). The zero-order chi connectivity index (χ0) is 21.2. The van der Waals surface area contributed by atoms with Crippen LogP contribution in [0.15, 0.2) is 47.6 Å². The maximum Gasteiger partial charge on any atom is 0.418 e. The number of benzene rings is 2. The number of rotatable bonds is 5. The Kier molecular flexibility index (Phi) is 6.08. The molecule has 0 spiro atoms. The molecule has 0 aliphatic rings. The largest absolute Gasteiger partial charge is 0.418 e. The van der Waals surface area contributed by atoms with Gasteiger partial charge in [-0.3, -0.25) is 4.79 Å². The van der Waals surface area contributed by atoms with E-state index in [4.69, 9.17) is 11.6 Å². The van der Waals surface area contributed by atoms with E-state index in [9.17, 15) is 22.4 Å². The molecule has 2 aromatic carbocycles. The number of tetrazole rings is 1. The number of hydrogen-bond acceptors (Lipinski definition) is 5. The number of thioether (sulfide) groups is 1. The van der Waals surface area contributed by atoms with Crippen LogP contribution in [0.25, 0.3) is 5.69 Å². The first-order valence-corrected chi connectivity index (χ1v) is 9.29. The molecule has 0 fully saturated rings. The van der Waals surface area contributed by atoms with E-state index in [0.29, 0.717) is 5.69 Å². The van der Waals surface area contributed by atoms with Gasteiger partial charge in [-0.1, -0.05) is 29.4 Å². The van der Waals surface area contributed by atoms with Gasteiger partial charge in [0.2, 0.25) is 11.1 Å². The fourth-order valence-corrected chi connectivity index (χ4v) is 3.31. The molecule has 0 radical (unpaired) electrons. The molecule has 3 aromatic rings. The highest BCUT2D eigenvalue weighted by molar-refractivity contribution is 8.00. The van der Waals surface area contributed by atoms with Crippen molar-refractivity contribution in [3.63, 3.8) is 0 Å². The molecule has 0 saturated carbocycles. The van der Waals surface area contributed by atoms with Crippen molar-refractivity contribution in [3.05, 3.63) is 58.9 Å². The molecule has 0 bridgehead atoms. The van der Waals surface area contributed by atoms with Crippen LogP contribution in [0.1, 0.15) is 12.5 Å². The van der Waals surface area contributed by atoms with Crippen LogP contribution in [0, 0.1) is 5.82 Å². The van der Waals surface area contributed by atoms with E-state index in [1.54, 1.807) is 6.07 Å². The minimum atomic E-state index is -4.69. The molecule has 6 nitrogen and oxygen atoms in total. The number of hydrogen-bond donors (Lipinski definition) is 1. The maximum absolute atomic E-state index is 13.4. The predicted molar refractivity (Wildman–Crippen MR) is 99.5 cm³/mol. The summed E-state index contributed by atoms with van der Waals surface area (Å²) in [4.78, 5) is 12.4. The van der Waals surface area contributed by atoms with Crippen molar-refractivity contribution < 1.29 is 22.4 Å². The van der Waals surface area contributed by atoms with E-state index >= 15 is 0 Å². The summed E-state index contributed by atoms with van der Waals surface area (Å²) < 4.78 is 54.2. The van der Waals surface area contributed by atoms with Gasteiger partial charge in [-0.15, -0.1) is 5.10 Å². The Labute approximate surface area is 171 Å². The van der Waals surface area contributed by atoms with Gasteiger partial charge in [-0.05, 0) is 53.7 Å². The highest BCUT2D eigenvalue weighted by Gasteiger charge is 2.34. The van der Waals surface area contributed by atoms with Crippen molar-refractivity contribution in [2.75, 3.05) is 5.32 Å². The van der Waals surface area contributed by atoms with E-state index < -0.39 is 34.4 Å². The molecule has 1 unspecified atom stereocenters. The second-order valence-corrected chi connectivity index (χ2v) is 7.53. The number of carbonyl (C=O) groups excluding carboxylic acids is 1. The summed E-state index contributed by atoms with van der Waals surface area (Å²) in [6, 6.07) is 8.55. The third-order valence-corrected chi connectivity index (χ3v) is 4.96. The highest BCUT2D eigenvalue weighted by atomic mass is 35.5. The number of amides is 1. The van der Waals surface area contributed by atoms with Gasteiger partial charge in [0.25, 0.3) is 0 Å². The third kappa shape index (κ3) is 5.04. The maximum atomic E-state index is 13.4. The molecule has 1 aromatic heterocycles. The van der Waals surface area contributed by atoms with Crippen LogP contribution in [-0.4, -0.2) is 31.4 Å². The quantitative estimate of drug-likeness (QED) is 0.459. The number of aromatic nitrogens is 4. The van der Waals surface area contributed by atoms with E-state index in [2.05, 4.69) is 20.8 Å². The van der Waals surface area contributed by atoms with Gasteiger partial charge in [-0.2, -0.15) is 17.9 Å². The minimum absolute atomic E-state index is 0.105. The SMILES string of the molecule is CC(Sc1nnnn1-c1cccc(F)c1)C(=O)Nc1ccc(Cl)cc1C(F)(F)F. The van der Waals surface area contributed by atoms with Gasteiger partial charge in [-0.25, -0.2) is 4.39 Å². The molecule has 0 aliphatic carbocycles. The average molecular weight is 446 g/mol. The first-order valence-electron chi connectivity index (χ1n) is 8.04. The summed E-state index contributed by atoms with van der Waals surface area (Å²) >= 11 is 6.54. The highest BCUT2D eigenvalue weighted by Crippen LogP contribution is 2.37. The van der Waals surface area contributed by atoms with Crippen LogP contribution in [0.5, 0.6) is 0 Å². The fourth-order valence-electron chi connectivity index (χ4n) is 2.33. The lowest BCUT2D eigenvalue weighted by atomic mass is 10.1.